The van der Waals surface area contributed by atoms with E-state index in [1.165, 1.54) is 13.2 Å². The van der Waals surface area contributed by atoms with Crippen LogP contribution in [0.4, 0.5) is 0 Å². The number of benzene rings is 1. The van der Waals surface area contributed by atoms with Crippen molar-refractivity contribution >= 4 is 27.8 Å². The fourth-order valence-corrected chi connectivity index (χ4v) is 1.71. The van der Waals surface area contributed by atoms with Crippen molar-refractivity contribution in [1.82, 2.24) is 5.32 Å². The van der Waals surface area contributed by atoms with Crippen LogP contribution < -0.4 is 5.32 Å². The molecule has 1 atom stereocenters. The number of phenols is 1. The second kappa shape index (κ2) is 6.39. The van der Waals surface area contributed by atoms with E-state index < -0.39 is 10.8 Å². The maximum absolute atomic E-state index is 11.8. The number of amides is 1. The number of alkyl halides is 1. The number of nitrogens with one attached hydrogen (secondary N) is 1. The van der Waals surface area contributed by atoms with Gasteiger partial charge in [0.05, 0.1) is 7.11 Å². The standard InChI is InChI=1S/C12H14BrNO4/c1-7-8(4-3-5-10(7)15)11(16)14-6-9(13)12(17)18-2/h3-5,9,15H,6H2,1-2H3,(H,14,16). The van der Waals surface area contributed by atoms with E-state index in [9.17, 15) is 14.7 Å². The van der Waals surface area contributed by atoms with Crippen molar-refractivity contribution in [3.8, 4) is 5.75 Å². The summed E-state index contributed by atoms with van der Waals surface area (Å²) in [5, 5.41) is 12.1. The molecule has 0 aliphatic rings. The van der Waals surface area contributed by atoms with Crippen LogP contribution >= 0.6 is 15.9 Å². The van der Waals surface area contributed by atoms with Crippen LogP contribution in [-0.4, -0.2) is 35.5 Å². The van der Waals surface area contributed by atoms with Crippen LogP contribution in [-0.2, 0) is 9.53 Å². The van der Waals surface area contributed by atoms with Crippen LogP contribution in [0.25, 0.3) is 0 Å². The van der Waals surface area contributed by atoms with Gasteiger partial charge in [-0.25, -0.2) is 0 Å². The fourth-order valence-electron chi connectivity index (χ4n) is 1.36. The number of hydrogen-bond acceptors (Lipinski definition) is 4. The highest BCUT2D eigenvalue weighted by molar-refractivity contribution is 9.10. The summed E-state index contributed by atoms with van der Waals surface area (Å²) in [4.78, 5) is 22.4. The normalized spacial score (nSPS) is 11.7. The molecule has 98 valence electrons. The van der Waals surface area contributed by atoms with Gasteiger partial charge < -0.3 is 15.2 Å². The Hall–Kier alpha value is -1.56. The summed E-state index contributed by atoms with van der Waals surface area (Å²) >= 11 is 3.10. The second-order valence-electron chi connectivity index (χ2n) is 3.65. The third kappa shape index (κ3) is 3.46. The highest BCUT2D eigenvalue weighted by Gasteiger charge is 2.17. The Balaban J connectivity index is 2.66. The molecule has 6 heteroatoms. The van der Waals surface area contributed by atoms with Crippen molar-refractivity contribution in [1.29, 1.82) is 0 Å². The predicted molar refractivity (Wildman–Crippen MR) is 69.9 cm³/mol. The zero-order valence-corrected chi connectivity index (χ0v) is 11.7. The first kappa shape index (κ1) is 14.5. The highest BCUT2D eigenvalue weighted by Crippen LogP contribution is 2.19. The molecule has 1 aromatic rings. The Morgan fingerprint density at radius 1 is 1.50 bits per heavy atom. The van der Waals surface area contributed by atoms with Gasteiger partial charge in [-0.1, -0.05) is 22.0 Å². The summed E-state index contributed by atoms with van der Waals surface area (Å²) in [5.41, 5.74) is 0.874. The maximum atomic E-state index is 11.8. The average molecular weight is 316 g/mol. The van der Waals surface area contributed by atoms with Crippen LogP contribution in [0.1, 0.15) is 15.9 Å². The second-order valence-corrected chi connectivity index (χ2v) is 4.76. The summed E-state index contributed by atoms with van der Waals surface area (Å²) in [6, 6.07) is 4.70. The van der Waals surface area contributed by atoms with Crippen molar-refractivity contribution in [2.24, 2.45) is 0 Å². The van der Waals surface area contributed by atoms with Gasteiger partial charge in [0.2, 0.25) is 0 Å². The molecule has 0 aromatic heterocycles. The van der Waals surface area contributed by atoms with E-state index >= 15 is 0 Å². The number of methoxy groups -OCH3 is 1. The summed E-state index contributed by atoms with van der Waals surface area (Å²) in [6.45, 7) is 1.76. The molecule has 2 N–H and O–H groups in total. The first-order valence-corrected chi connectivity index (χ1v) is 6.17. The summed E-state index contributed by atoms with van der Waals surface area (Å²) in [7, 11) is 1.28. The number of hydrogen-bond donors (Lipinski definition) is 2. The molecule has 1 amide bonds. The molecule has 18 heavy (non-hydrogen) atoms. The Labute approximate surface area is 113 Å². The minimum absolute atomic E-state index is 0.0611. The van der Waals surface area contributed by atoms with Crippen molar-refractivity contribution in [2.45, 2.75) is 11.8 Å². The van der Waals surface area contributed by atoms with Crippen molar-refractivity contribution in [3.05, 3.63) is 29.3 Å². The Morgan fingerprint density at radius 3 is 2.78 bits per heavy atom. The predicted octanol–water partition coefficient (Wildman–Crippen LogP) is 1.37. The van der Waals surface area contributed by atoms with Gasteiger partial charge >= 0.3 is 5.97 Å². The minimum Gasteiger partial charge on any atom is -0.508 e. The van der Waals surface area contributed by atoms with Gasteiger partial charge in [-0.2, -0.15) is 0 Å². The third-order valence-corrected chi connectivity index (χ3v) is 3.15. The van der Waals surface area contributed by atoms with Crippen LogP contribution in [0.15, 0.2) is 18.2 Å². The van der Waals surface area contributed by atoms with E-state index in [1.54, 1.807) is 19.1 Å². The van der Waals surface area contributed by atoms with Gasteiger partial charge in [0.25, 0.3) is 5.91 Å². The molecule has 0 aliphatic heterocycles. The molecule has 0 fully saturated rings. The lowest BCUT2D eigenvalue weighted by Crippen LogP contribution is -2.34. The van der Waals surface area contributed by atoms with E-state index in [1.807, 2.05) is 0 Å². The lowest BCUT2D eigenvalue weighted by Gasteiger charge is -2.11. The van der Waals surface area contributed by atoms with Crippen molar-refractivity contribution < 1.29 is 19.4 Å². The number of halogens is 1. The Bertz CT molecular complexity index is 461. The molecular formula is C12H14BrNO4. The first-order chi connectivity index (χ1) is 8.47. The van der Waals surface area contributed by atoms with E-state index in [4.69, 9.17) is 0 Å². The van der Waals surface area contributed by atoms with E-state index in [0.29, 0.717) is 11.1 Å². The quantitative estimate of drug-likeness (QED) is 0.650. The maximum Gasteiger partial charge on any atom is 0.321 e. The lowest BCUT2D eigenvalue weighted by molar-refractivity contribution is -0.139. The van der Waals surface area contributed by atoms with Gasteiger partial charge in [-0.3, -0.25) is 9.59 Å². The van der Waals surface area contributed by atoms with E-state index in [2.05, 4.69) is 26.0 Å². The van der Waals surface area contributed by atoms with Crippen molar-refractivity contribution in [2.75, 3.05) is 13.7 Å². The van der Waals surface area contributed by atoms with Crippen LogP contribution in [0, 0.1) is 6.92 Å². The summed E-state index contributed by atoms with van der Waals surface area (Å²) < 4.78 is 4.52. The Kier molecular flexibility index (Phi) is 5.15. The van der Waals surface area contributed by atoms with E-state index in [-0.39, 0.29) is 18.2 Å². The van der Waals surface area contributed by atoms with E-state index in [0.717, 1.165) is 0 Å². The van der Waals surface area contributed by atoms with Gasteiger partial charge in [-0.15, -0.1) is 0 Å². The summed E-state index contributed by atoms with van der Waals surface area (Å²) in [6.07, 6.45) is 0. The number of esters is 1. The Morgan fingerprint density at radius 2 is 2.17 bits per heavy atom. The van der Waals surface area contributed by atoms with Gasteiger partial charge in [0, 0.05) is 17.7 Å². The molecule has 0 saturated heterocycles. The number of carbonyl (C=O) groups is 2. The van der Waals surface area contributed by atoms with Gasteiger partial charge in [0.15, 0.2) is 0 Å². The monoisotopic (exact) mass is 315 g/mol. The molecule has 0 radical (unpaired) electrons. The van der Waals surface area contributed by atoms with Crippen LogP contribution in [0.2, 0.25) is 0 Å². The molecule has 0 bridgehead atoms. The topological polar surface area (TPSA) is 75.6 Å². The van der Waals surface area contributed by atoms with Crippen molar-refractivity contribution in [3.63, 3.8) is 0 Å². The third-order valence-electron chi connectivity index (χ3n) is 2.45. The number of carbonyl (C=O) groups excluding carboxylic acids is 2. The fraction of sp³-hybridized carbons (Fsp3) is 0.333. The SMILES string of the molecule is COC(=O)C(Br)CNC(=O)c1cccc(O)c1C. The number of phenolic OH excluding ortho intramolecular Hbond substituents is 1. The summed E-state index contributed by atoms with van der Waals surface area (Å²) in [5.74, 6) is -0.745. The average Bonchev–Trinajstić information content (AvgIpc) is 2.37. The number of aromatic hydroxyl groups is 1. The molecule has 5 nitrogen and oxygen atoms in total. The molecule has 0 heterocycles. The molecule has 0 saturated carbocycles. The van der Waals surface area contributed by atoms with Gasteiger partial charge in [0.1, 0.15) is 10.6 Å². The van der Waals surface area contributed by atoms with Crippen LogP contribution in [0.5, 0.6) is 5.75 Å². The highest BCUT2D eigenvalue weighted by atomic mass is 79.9. The minimum atomic E-state index is -0.593. The zero-order valence-electron chi connectivity index (χ0n) is 10.1. The largest absolute Gasteiger partial charge is 0.508 e. The zero-order chi connectivity index (χ0) is 13.7. The lowest BCUT2D eigenvalue weighted by atomic mass is 10.1. The van der Waals surface area contributed by atoms with Crippen LogP contribution in [0.3, 0.4) is 0 Å². The molecule has 0 spiro atoms. The smallest absolute Gasteiger partial charge is 0.321 e. The molecular weight excluding hydrogens is 302 g/mol. The molecule has 1 aromatic carbocycles. The first-order valence-electron chi connectivity index (χ1n) is 5.26. The molecule has 0 aliphatic carbocycles. The van der Waals surface area contributed by atoms with Gasteiger partial charge in [-0.05, 0) is 19.1 Å². The molecule has 1 unspecified atom stereocenters. The number of ether oxygens (including phenoxy) is 1. The number of rotatable bonds is 4. The molecule has 1 rings (SSSR count).